The van der Waals surface area contributed by atoms with Crippen LogP contribution in [0, 0.1) is 11.3 Å². The van der Waals surface area contributed by atoms with E-state index in [9.17, 15) is 9.59 Å². The van der Waals surface area contributed by atoms with Crippen molar-refractivity contribution in [2.24, 2.45) is 11.3 Å². The summed E-state index contributed by atoms with van der Waals surface area (Å²) in [5.41, 5.74) is 1.02. The smallest absolute Gasteiger partial charge is 0.334 e. The first-order valence-corrected chi connectivity index (χ1v) is 9.87. The van der Waals surface area contributed by atoms with E-state index in [-0.39, 0.29) is 23.3 Å². The van der Waals surface area contributed by atoms with Crippen LogP contribution in [0.2, 0.25) is 0 Å². The number of hydrogen-bond donors (Lipinski definition) is 0. The molecule has 1 fully saturated rings. The van der Waals surface area contributed by atoms with Crippen molar-refractivity contribution in [3.8, 4) is 0 Å². The molecule has 1 saturated carbocycles. The quantitative estimate of drug-likeness (QED) is 0.445. The van der Waals surface area contributed by atoms with Crippen molar-refractivity contribution >= 4 is 11.9 Å². The predicted octanol–water partition coefficient (Wildman–Crippen LogP) is 5.21. The fraction of sp³-hybridized carbons (Fsp3) is 0.810. The van der Waals surface area contributed by atoms with Gasteiger partial charge in [0, 0.05) is 5.57 Å². The summed E-state index contributed by atoms with van der Waals surface area (Å²) in [4.78, 5) is 25.6. The summed E-state index contributed by atoms with van der Waals surface area (Å²) >= 11 is 0. The summed E-state index contributed by atoms with van der Waals surface area (Å²) in [6, 6.07) is 0. The summed E-state index contributed by atoms with van der Waals surface area (Å²) in [6.45, 7) is 11.0. The summed E-state index contributed by atoms with van der Waals surface area (Å²) in [6.07, 6.45) is 7.37. The first-order valence-electron chi connectivity index (χ1n) is 9.87. The highest BCUT2D eigenvalue weighted by Gasteiger charge is 2.33. The number of esters is 2. The molecule has 1 rings (SSSR count). The zero-order valence-corrected chi connectivity index (χ0v) is 16.8. The maximum Gasteiger partial charge on any atom is 0.334 e. The van der Waals surface area contributed by atoms with E-state index < -0.39 is 0 Å². The van der Waals surface area contributed by atoms with Gasteiger partial charge in [-0.1, -0.05) is 53.9 Å². The molecule has 0 radical (unpaired) electrons. The molecule has 0 heterocycles. The minimum atomic E-state index is -0.342. The second kappa shape index (κ2) is 10.6. The van der Waals surface area contributed by atoms with Gasteiger partial charge >= 0.3 is 11.9 Å². The van der Waals surface area contributed by atoms with Crippen LogP contribution in [0.15, 0.2) is 11.1 Å². The molecule has 0 aromatic rings. The van der Waals surface area contributed by atoms with Crippen LogP contribution in [-0.4, -0.2) is 25.2 Å². The van der Waals surface area contributed by atoms with Crippen molar-refractivity contribution in [2.75, 3.05) is 13.2 Å². The van der Waals surface area contributed by atoms with Crippen LogP contribution in [-0.2, 0) is 19.1 Å². The molecule has 1 aliphatic rings. The van der Waals surface area contributed by atoms with Gasteiger partial charge in [0.25, 0.3) is 0 Å². The Morgan fingerprint density at radius 1 is 0.880 bits per heavy atom. The van der Waals surface area contributed by atoms with Crippen LogP contribution in [0.3, 0.4) is 0 Å². The van der Waals surface area contributed by atoms with E-state index in [0.29, 0.717) is 30.8 Å². The van der Waals surface area contributed by atoms with Crippen LogP contribution in [0.1, 0.15) is 86.0 Å². The molecule has 0 atom stereocenters. The number of hydrogen-bond acceptors (Lipinski definition) is 4. The predicted molar refractivity (Wildman–Crippen MR) is 100 cm³/mol. The van der Waals surface area contributed by atoms with Gasteiger partial charge in [0.2, 0.25) is 0 Å². The monoisotopic (exact) mass is 352 g/mol. The van der Waals surface area contributed by atoms with E-state index in [1.165, 1.54) is 6.42 Å². The molecule has 4 heteroatoms. The van der Waals surface area contributed by atoms with Gasteiger partial charge in [-0.2, -0.15) is 0 Å². The Kier molecular flexibility index (Phi) is 9.23. The fourth-order valence-electron chi connectivity index (χ4n) is 3.29. The van der Waals surface area contributed by atoms with Gasteiger partial charge in [0.1, 0.15) is 0 Å². The van der Waals surface area contributed by atoms with Gasteiger partial charge < -0.3 is 9.47 Å². The summed E-state index contributed by atoms with van der Waals surface area (Å²) in [7, 11) is 0. The van der Waals surface area contributed by atoms with E-state index in [1.54, 1.807) is 0 Å². The van der Waals surface area contributed by atoms with E-state index in [4.69, 9.17) is 9.47 Å². The number of carbonyl (C=O) groups excluding carboxylic acids is 2. The Bertz CT molecular complexity index is 465. The third-order valence-electron chi connectivity index (χ3n) is 4.39. The Hall–Kier alpha value is -1.32. The van der Waals surface area contributed by atoms with Gasteiger partial charge in [-0.25, -0.2) is 9.59 Å². The molecule has 144 valence electrons. The first-order chi connectivity index (χ1) is 11.8. The summed E-state index contributed by atoms with van der Waals surface area (Å²) in [5, 5.41) is 0. The molecule has 0 saturated heterocycles. The summed E-state index contributed by atoms with van der Waals surface area (Å²) < 4.78 is 10.9. The molecular weight excluding hydrogens is 316 g/mol. The largest absolute Gasteiger partial charge is 0.462 e. The number of rotatable bonds is 8. The molecule has 0 aromatic heterocycles. The van der Waals surface area contributed by atoms with E-state index in [2.05, 4.69) is 20.8 Å². The highest BCUT2D eigenvalue weighted by atomic mass is 16.5. The van der Waals surface area contributed by atoms with Crippen molar-refractivity contribution in [1.82, 2.24) is 0 Å². The topological polar surface area (TPSA) is 52.6 Å². The molecule has 0 unspecified atom stereocenters. The van der Waals surface area contributed by atoms with Crippen LogP contribution in [0.4, 0.5) is 0 Å². The van der Waals surface area contributed by atoms with Crippen molar-refractivity contribution in [2.45, 2.75) is 86.0 Å². The highest BCUT2D eigenvalue weighted by molar-refractivity contribution is 6.00. The van der Waals surface area contributed by atoms with E-state index >= 15 is 0 Å². The standard InChI is InChI=1S/C21H36O4/c1-6-13-24-19(22)17(15-21(3,4)5)18(20(23)25-14-7-2)16-11-9-8-10-12-16/h16H,6-15H2,1-5H3/b18-17-. The van der Waals surface area contributed by atoms with Crippen molar-refractivity contribution in [1.29, 1.82) is 0 Å². The maximum absolute atomic E-state index is 12.8. The van der Waals surface area contributed by atoms with Crippen molar-refractivity contribution in [3.05, 3.63) is 11.1 Å². The normalized spacial score (nSPS) is 17.0. The molecule has 25 heavy (non-hydrogen) atoms. The molecule has 1 aliphatic carbocycles. The minimum absolute atomic E-state index is 0.106. The first kappa shape index (κ1) is 21.7. The van der Waals surface area contributed by atoms with Gasteiger partial charge in [-0.3, -0.25) is 0 Å². The van der Waals surface area contributed by atoms with Gasteiger partial charge in [-0.05, 0) is 43.4 Å². The van der Waals surface area contributed by atoms with Gasteiger partial charge in [-0.15, -0.1) is 0 Å². The lowest BCUT2D eigenvalue weighted by atomic mass is 9.78. The Morgan fingerprint density at radius 2 is 1.40 bits per heavy atom. The molecular formula is C21H36O4. The SMILES string of the molecule is CCCOC(=O)/C(CC(C)(C)C)=C(\C(=O)OCCC)C1CCCCC1. The highest BCUT2D eigenvalue weighted by Crippen LogP contribution is 2.36. The lowest BCUT2D eigenvalue weighted by molar-refractivity contribution is -0.143. The van der Waals surface area contributed by atoms with Crippen LogP contribution in [0.5, 0.6) is 0 Å². The Balaban J connectivity index is 3.26. The lowest BCUT2D eigenvalue weighted by Gasteiger charge is -2.28. The van der Waals surface area contributed by atoms with Crippen molar-refractivity contribution < 1.29 is 19.1 Å². The van der Waals surface area contributed by atoms with Gasteiger partial charge in [0.05, 0.1) is 18.8 Å². The third-order valence-corrected chi connectivity index (χ3v) is 4.39. The van der Waals surface area contributed by atoms with Crippen LogP contribution < -0.4 is 0 Å². The summed E-state index contributed by atoms with van der Waals surface area (Å²) in [5.74, 6) is -0.545. The van der Waals surface area contributed by atoms with Crippen LogP contribution in [0.25, 0.3) is 0 Å². The second-order valence-electron chi connectivity index (χ2n) is 8.24. The molecule has 0 bridgehead atoms. The average molecular weight is 353 g/mol. The Labute approximate surface area is 153 Å². The van der Waals surface area contributed by atoms with Gasteiger partial charge in [0.15, 0.2) is 0 Å². The average Bonchev–Trinajstić information content (AvgIpc) is 2.57. The Morgan fingerprint density at radius 3 is 1.88 bits per heavy atom. The molecule has 0 amide bonds. The molecule has 0 aliphatic heterocycles. The molecule has 4 nitrogen and oxygen atoms in total. The minimum Gasteiger partial charge on any atom is -0.462 e. The second-order valence-corrected chi connectivity index (χ2v) is 8.24. The molecule has 0 N–H and O–H groups in total. The fourth-order valence-corrected chi connectivity index (χ4v) is 3.29. The zero-order chi connectivity index (χ0) is 18.9. The lowest BCUT2D eigenvalue weighted by Crippen LogP contribution is -2.26. The molecule has 0 aromatic carbocycles. The maximum atomic E-state index is 12.8. The zero-order valence-electron chi connectivity index (χ0n) is 16.8. The van der Waals surface area contributed by atoms with Crippen molar-refractivity contribution in [3.63, 3.8) is 0 Å². The van der Waals surface area contributed by atoms with E-state index in [0.717, 1.165) is 38.5 Å². The van der Waals surface area contributed by atoms with Crippen LogP contribution >= 0.6 is 0 Å². The number of carbonyl (C=O) groups is 2. The van der Waals surface area contributed by atoms with E-state index in [1.807, 2.05) is 13.8 Å². The number of ether oxygens (including phenoxy) is 2. The third kappa shape index (κ3) is 7.62. The molecule has 0 spiro atoms.